The highest BCUT2D eigenvalue weighted by Gasteiger charge is 2.29. The number of piperidine rings is 1. The van der Waals surface area contributed by atoms with Gasteiger partial charge in [-0.05, 0) is 37.5 Å². The van der Waals surface area contributed by atoms with Crippen molar-refractivity contribution < 1.29 is 9.18 Å². The highest BCUT2D eigenvalue weighted by molar-refractivity contribution is 5.96. The second kappa shape index (κ2) is 5.88. The lowest BCUT2D eigenvalue weighted by Crippen LogP contribution is -2.30. The molecular formula is C17H21FN2O. The highest BCUT2D eigenvalue weighted by atomic mass is 19.1. The normalized spacial score (nSPS) is 22.7. The zero-order valence-corrected chi connectivity index (χ0v) is 12.2. The molecule has 3 nitrogen and oxygen atoms in total. The van der Waals surface area contributed by atoms with Crippen LogP contribution in [0.5, 0.6) is 0 Å². The van der Waals surface area contributed by atoms with Crippen molar-refractivity contribution in [3.8, 4) is 0 Å². The molecule has 3 rings (SSSR count). The Labute approximate surface area is 125 Å². The van der Waals surface area contributed by atoms with Crippen molar-refractivity contribution in [2.45, 2.75) is 25.7 Å². The fourth-order valence-corrected chi connectivity index (χ4v) is 3.20. The lowest BCUT2D eigenvalue weighted by molar-refractivity contribution is -0.117. The largest absolute Gasteiger partial charge is 0.369 e. The van der Waals surface area contributed by atoms with E-state index in [0.29, 0.717) is 24.3 Å². The van der Waals surface area contributed by atoms with Crippen LogP contribution < -0.4 is 9.80 Å². The van der Waals surface area contributed by atoms with Crippen LogP contribution in [0.15, 0.2) is 30.9 Å². The Bertz CT molecular complexity index is 552. The van der Waals surface area contributed by atoms with Crippen LogP contribution in [-0.4, -0.2) is 25.5 Å². The molecule has 21 heavy (non-hydrogen) atoms. The van der Waals surface area contributed by atoms with Crippen LogP contribution in [0.4, 0.5) is 15.8 Å². The summed E-state index contributed by atoms with van der Waals surface area (Å²) < 4.78 is 14.4. The van der Waals surface area contributed by atoms with Gasteiger partial charge < -0.3 is 9.80 Å². The maximum atomic E-state index is 14.4. The van der Waals surface area contributed by atoms with Gasteiger partial charge in [-0.3, -0.25) is 4.79 Å². The van der Waals surface area contributed by atoms with Gasteiger partial charge in [0.25, 0.3) is 0 Å². The number of benzene rings is 1. The van der Waals surface area contributed by atoms with Gasteiger partial charge in [-0.25, -0.2) is 4.39 Å². The second-order valence-corrected chi connectivity index (χ2v) is 5.89. The number of anilines is 2. The maximum Gasteiger partial charge on any atom is 0.227 e. The first-order valence-corrected chi connectivity index (χ1v) is 7.66. The molecule has 2 saturated heterocycles. The van der Waals surface area contributed by atoms with Crippen LogP contribution in [0.2, 0.25) is 0 Å². The van der Waals surface area contributed by atoms with Crippen LogP contribution in [0.1, 0.15) is 25.7 Å². The number of carbonyl (C=O) groups is 1. The third-order valence-corrected chi connectivity index (χ3v) is 4.43. The lowest BCUT2D eigenvalue weighted by atomic mass is 10.1. The van der Waals surface area contributed by atoms with Crippen molar-refractivity contribution in [3.05, 3.63) is 36.7 Å². The summed E-state index contributed by atoms with van der Waals surface area (Å²) in [5.74, 6) is -0.0170. The molecule has 0 N–H and O–H groups in total. The molecule has 0 aliphatic carbocycles. The number of rotatable bonds is 3. The molecule has 1 amide bonds. The highest BCUT2D eigenvalue weighted by Crippen LogP contribution is 2.30. The first-order chi connectivity index (χ1) is 10.2. The second-order valence-electron chi connectivity index (χ2n) is 5.89. The topological polar surface area (TPSA) is 23.6 Å². The molecule has 2 aliphatic heterocycles. The van der Waals surface area contributed by atoms with E-state index < -0.39 is 0 Å². The van der Waals surface area contributed by atoms with E-state index in [0.717, 1.165) is 25.9 Å². The van der Waals surface area contributed by atoms with Crippen molar-refractivity contribution in [2.75, 3.05) is 29.4 Å². The predicted octanol–water partition coefficient (Wildman–Crippen LogP) is 3.35. The van der Waals surface area contributed by atoms with E-state index in [9.17, 15) is 9.18 Å². The van der Waals surface area contributed by atoms with Gasteiger partial charge in [0.2, 0.25) is 5.91 Å². The van der Waals surface area contributed by atoms with Crippen LogP contribution in [0, 0.1) is 11.7 Å². The quantitative estimate of drug-likeness (QED) is 0.796. The van der Waals surface area contributed by atoms with Gasteiger partial charge in [0.1, 0.15) is 5.82 Å². The van der Waals surface area contributed by atoms with E-state index in [1.807, 2.05) is 12.1 Å². The Morgan fingerprint density at radius 2 is 2.00 bits per heavy atom. The monoisotopic (exact) mass is 288 g/mol. The number of nitrogens with zero attached hydrogens (tertiary/aromatic N) is 2. The van der Waals surface area contributed by atoms with Gasteiger partial charge in [-0.1, -0.05) is 6.08 Å². The minimum atomic E-state index is -0.232. The maximum absolute atomic E-state index is 14.4. The Hall–Kier alpha value is -1.84. The summed E-state index contributed by atoms with van der Waals surface area (Å²) >= 11 is 0. The van der Waals surface area contributed by atoms with Crippen molar-refractivity contribution in [3.63, 3.8) is 0 Å². The van der Waals surface area contributed by atoms with Crippen molar-refractivity contribution in [2.24, 2.45) is 5.92 Å². The van der Waals surface area contributed by atoms with Crippen molar-refractivity contribution in [1.82, 2.24) is 0 Å². The lowest BCUT2D eigenvalue weighted by Gasteiger charge is -2.29. The van der Waals surface area contributed by atoms with Crippen LogP contribution >= 0.6 is 0 Å². The van der Waals surface area contributed by atoms with Crippen molar-refractivity contribution >= 4 is 17.3 Å². The van der Waals surface area contributed by atoms with Gasteiger partial charge in [0, 0.05) is 37.7 Å². The predicted molar refractivity (Wildman–Crippen MR) is 83.1 cm³/mol. The summed E-state index contributed by atoms with van der Waals surface area (Å²) in [5.41, 5.74) is 1.31. The standard InChI is InChI=1S/C17H21FN2O/c1-2-13-10-17(21)20(12-13)14-6-7-16(15(18)11-14)19-8-4-3-5-9-19/h2,6-7,11,13H,1,3-5,8-10,12H2. The zero-order chi connectivity index (χ0) is 14.8. The fourth-order valence-electron chi connectivity index (χ4n) is 3.20. The molecular weight excluding hydrogens is 267 g/mol. The molecule has 1 aromatic rings. The van der Waals surface area contributed by atoms with E-state index in [-0.39, 0.29) is 17.6 Å². The molecule has 0 spiro atoms. The van der Waals surface area contributed by atoms with Gasteiger partial charge in [0.05, 0.1) is 5.69 Å². The van der Waals surface area contributed by atoms with Crippen LogP contribution in [-0.2, 0) is 4.79 Å². The molecule has 1 atom stereocenters. The molecule has 0 bridgehead atoms. The fraction of sp³-hybridized carbons (Fsp3) is 0.471. The van der Waals surface area contributed by atoms with Gasteiger partial charge >= 0.3 is 0 Å². The third-order valence-electron chi connectivity index (χ3n) is 4.43. The van der Waals surface area contributed by atoms with Crippen LogP contribution in [0.25, 0.3) is 0 Å². The SMILES string of the molecule is C=CC1CC(=O)N(c2ccc(N3CCCCC3)c(F)c2)C1. The molecule has 2 aliphatic rings. The first kappa shape index (κ1) is 14.1. The summed E-state index contributed by atoms with van der Waals surface area (Å²) in [6, 6.07) is 5.16. The number of hydrogen-bond acceptors (Lipinski definition) is 2. The number of hydrogen-bond donors (Lipinski definition) is 0. The zero-order valence-electron chi connectivity index (χ0n) is 12.2. The smallest absolute Gasteiger partial charge is 0.227 e. The van der Waals surface area contributed by atoms with E-state index >= 15 is 0 Å². The Morgan fingerprint density at radius 3 is 2.62 bits per heavy atom. The number of halogens is 1. The molecule has 2 fully saturated rings. The van der Waals surface area contributed by atoms with Gasteiger partial charge in [-0.2, -0.15) is 0 Å². The van der Waals surface area contributed by atoms with E-state index in [4.69, 9.17) is 0 Å². The summed E-state index contributed by atoms with van der Waals surface area (Å²) in [4.78, 5) is 15.7. The van der Waals surface area contributed by atoms with Gasteiger partial charge in [0.15, 0.2) is 0 Å². The average molecular weight is 288 g/mol. The average Bonchev–Trinajstić information content (AvgIpc) is 2.89. The van der Waals surface area contributed by atoms with Gasteiger partial charge in [-0.15, -0.1) is 6.58 Å². The molecule has 0 radical (unpaired) electrons. The Kier molecular flexibility index (Phi) is 3.95. The van der Waals surface area contributed by atoms with Crippen molar-refractivity contribution in [1.29, 1.82) is 0 Å². The minimum absolute atomic E-state index is 0.0463. The number of carbonyl (C=O) groups excluding carboxylic acids is 1. The summed E-state index contributed by atoms with van der Waals surface area (Å²) in [6.45, 7) is 6.17. The van der Waals surface area contributed by atoms with E-state index in [1.165, 1.54) is 12.5 Å². The molecule has 2 heterocycles. The minimum Gasteiger partial charge on any atom is -0.369 e. The molecule has 0 aromatic heterocycles. The summed E-state index contributed by atoms with van der Waals surface area (Å²) in [7, 11) is 0. The van der Waals surface area contributed by atoms with E-state index in [2.05, 4.69) is 11.5 Å². The molecule has 1 unspecified atom stereocenters. The van der Waals surface area contributed by atoms with Crippen LogP contribution in [0.3, 0.4) is 0 Å². The Balaban J connectivity index is 1.81. The molecule has 112 valence electrons. The first-order valence-electron chi connectivity index (χ1n) is 7.66. The molecule has 4 heteroatoms. The summed E-state index contributed by atoms with van der Waals surface area (Å²) in [6.07, 6.45) is 5.73. The molecule has 1 aromatic carbocycles. The van der Waals surface area contributed by atoms with E-state index in [1.54, 1.807) is 11.0 Å². The summed E-state index contributed by atoms with van der Waals surface area (Å²) in [5, 5.41) is 0. The number of amides is 1. The Morgan fingerprint density at radius 1 is 1.24 bits per heavy atom. The third kappa shape index (κ3) is 2.80. The molecule has 0 saturated carbocycles.